The zero-order chi connectivity index (χ0) is 18.5. The van der Waals surface area contributed by atoms with E-state index in [0.717, 1.165) is 10.5 Å². The van der Waals surface area contributed by atoms with E-state index >= 15 is 0 Å². The normalized spacial score (nSPS) is 12.3. The molecule has 0 saturated carbocycles. The minimum Gasteiger partial charge on any atom is -0.492 e. The standard InChI is InChI=1S/C20H23N3O2S/c1-4-25-17-11-7-5-9-15(17)22-20(24)14(2)23(3)13-19-21-16-10-6-8-12-18(16)26-19/h5-12,14H,4,13H2,1-3H3,(H,22,24)/t14-/m1/s1. The van der Waals surface area contributed by atoms with Gasteiger partial charge in [-0.25, -0.2) is 4.98 Å². The van der Waals surface area contributed by atoms with Gasteiger partial charge in [0.05, 0.1) is 35.1 Å². The lowest BCUT2D eigenvalue weighted by Crippen LogP contribution is -2.39. The lowest BCUT2D eigenvalue weighted by atomic mass is 10.2. The van der Waals surface area contributed by atoms with Gasteiger partial charge in [-0.05, 0) is 45.2 Å². The summed E-state index contributed by atoms with van der Waals surface area (Å²) in [7, 11) is 1.94. The zero-order valence-corrected chi connectivity index (χ0v) is 16.0. The number of para-hydroxylation sites is 3. The van der Waals surface area contributed by atoms with Crippen LogP contribution in [0.5, 0.6) is 5.75 Å². The molecule has 0 unspecified atom stereocenters. The van der Waals surface area contributed by atoms with Crippen LogP contribution in [0.3, 0.4) is 0 Å². The second kappa shape index (κ2) is 8.29. The maximum absolute atomic E-state index is 12.6. The van der Waals surface area contributed by atoms with Crippen LogP contribution in [0.25, 0.3) is 10.2 Å². The second-order valence-electron chi connectivity index (χ2n) is 6.08. The average molecular weight is 369 g/mol. The van der Waals surface area contributed by atoms with Gasteiger partial charge in [-0.1, -0.05) is 24.3 Å². The molecule has 0 aliphatic rings. The van der Waals surface area contributed by atoms with E-state index in [9.17, 15) is 4.79 Å². The molecule has 2 aromatic carbocycles. The Morgan fingerprint density at radius 2 is 1.96 bits per heavy atom. The summed E-state index contributed by atoms with van der Waals surface area (Å²) in [6.45, 7) is 5.00. The summed E-state index contributed by atoms with van der Waals surface area (Å²) < 4.78 is 6.74. The van der Waals surface area contributed by atoms with Gasteiger partial charge >= 0.3 is 0 Å². The number of nitrogens with one attached hydrogen (secondary N) is 1. The fourth-order valence-electron chi connectivity index (χ4n) is 2.63. The smallest absolute Gasteiger partial charge is 0.241 e. The molecule has 0 spiro atoms. The third-order valence-electron chi connectivity index (χ3n) is 4.21. The number of fused-ring (bicyclic) bond motifs is 1. The maximum Gasteiger partial charge on any atom is 0.241 e. The van der Waals surface area contributed by atoms with E-state index in [1.54, 1.807) is 11.3 Å². The maximum atomic E-state index is 12.6. The van der Waals surface area contributed by atoms with Crippen molar-refractivity contribution in [2.75, 3.05) is 19.0 Å². The number of rotatable bonds is 7. The Hall–Kier alpha value is -2.44. The van der Waals surface area contributed by atoms with Gasteiger partial charge in [0, 0.05) is 0 Å². The van der Waals surface area contributed by atoms with Crippen LogP contribution in [-0.4, -0.2) is 35.5 Å². The topological polar surface area (TPSA) is 54.5 Å². The van der Waals surface area contributed by atoms with Crippen LogP contribution >= 0.6 is 11.3 Å². The molecule has 1 heterocycles. The second-order valence-corrected chi connectivity index (χ2v) is 7.20. The molecule has 1 amide bonds. The molecule has 6 heteroatoms. The number of hydrogen-bond donors (Lipinski definition) is 1. The third kappa shape index (κ3) is 4.20. The SMILES string of the molecule is CCOc1ccccc1NC(=O)[C@@H](C)N(C)Cc1nc2ccccc2s1. The summed E-state index contributed by atoms with van der Waals surface area (Å²) >= 11 is 1.66. The van der Waals surface area contributed by atoms with E-state index in [1.807, 2.05) is 68.3 Å². The van der Waals surface area contributed by atoms with Gasteiger partial charge in [-0.2, -0.15) is 0 Å². The predicted molar refractivity (Wildman–Crippen MR) is 107 cm³/mol. The lowest BCUT2D eigenvalue weighted by molar-refractivity contribution is -0.120. The Bertz CT molecular complexity index is 860. The van der Waals surface area contributed by atoms with Gasteiger partial charge in [0.1, 0.15) is 10.8 Å². The zero-order valence-electron chi connectivity index (χ0n) is 15.2. The minimum absolute atomic E-state index is 0.0687. The molecule has 0 aliphatic heterocycles. The van der Waals surface area contributed by atoms with E-state index in [2.05, 4.69) is 16.4 Å². The fraction of sp³-hybridized carbons (Fsp3) is 0.300. The largest absolute Gasteiger partial charge is 0.492 e. The fourth-order valence-corrected chi connectivity index (χ4v) is 3.66. The molecule has 3 aromatic rings. The van der Waals surface area contributed by atoms with Crippen molar-refractivity contribution in [2.45, 2.75) is 26.4 Å². The Balaban J connectivity index is 1.66. The number of nitrogens with zero attached hydrogens (tertiary/aromatic N) is 2. The minimum atomic E-state index is -0.295. The lowest BCUT2D eigenvalue weighted by Gasteiger charge is -2.23. The molecule has 0 bridgehead atoms. The number of likely N-dealkylation sites (N-methyl/N-ethyl adjacent to an activating group) is 1. The van der Waals surface area contributed by atoms with Gasteiger partial charge in [0.25, 0.3) is 0 Å². The highest BCUT2D eigenvalue weighted by Gasteiger charge is 2.20. The number of anilines is 1. The highest BCUT2D eigenvalue weighted by atomic mass is 32.1. The predicted octanol–water partition coefficient (Wildman–Crippen LogP) is 4.15. The van der Waals surface area contributed by atoms with Crippen molar-refractivity contribution in [3.63, 3.8) is 0 Å². The van der Waals surface area contributed by atoms with Crippen molar-refractivity contribution in [1.29, 1.82) is 0 Å². The Morgan fingerprint density at radius 3 is 2.73 bits per heavy atom. The Morgan fingerprint density at radius 1 is 1.23 bits per heavy atom. The van der Waals surface area contributed by atoms with E-state index in [4.69, 9.17) is 4.74 Å². The molecule has 0 saturated heterocycles. The Kier molecular flexibility index (Phi) is 5.85. The van der Waals surface area contributed by atoms with Crippen molar-refractivity contribution in [2.24, 2.45) is 0 Å². The van der Waals surface area contributed by atoms with Crippen LogP contribution in [0.1, 0.15) is 18.9 Å². The molecule has 136 valence electrons. The third-order valence-corrected chi connectivity index (χ3v) is 5.23. The number of carbonyl (C=O) groups is 1. The van der Waals surface area contributed by atoms with Crippen molar-refractivity contribution in [1.82, 2.24) is 9.88 Å². The van der Waals surface area contributed by atoms with Gasteiger partial charge in [-0.3, -0.25) is 9.69 Å². The molecular formula is C20H23N3O2S. The summed E-state index contributed by atoms with van der Waals surface area (Å²) in [4.78, 5) is 19.3. The summed E-state index contributed by atoms with van der Waals surface area (Å²) in [5.74, 6) is 0.616. The number of amides is 1. The highest BCUT2D eigenvalue weighted by Crippen LogP contribution is 2.25. The average Bonchev–Trinajstić information content (AvgIpc) is 3.05. The molecule has 1 aromatic heterocycles. The molecule has 0 radical (unpaired) electrons. The van der Waals surface area contributed by atoms with Crippen molar-refractivity contribution < 1.29 is 9.53 Å². The van der Waals surface area contributed by atoms with Crippen LogP contribution in [0.4, 0.5) is 5.69 Å². The van der Waals surface area contributed by atoms with E-state index in [-0.39, 0.29) is 11.9 Å². The van der Waals surface area contributed by atoms with Crippen molar-refractivity contribution in [3.8, 4) is 5.75 Å². The first-order valence-electron chi connectivity index (χ1n) is 8.66. The van der Waals surface area contributed by atoms with Crippen LogP contribution in [-0.2, 0) is 11.3 Å². The number of aromatic nitrogens is 1. The summed E-state index contributed by atoms with van der Waals surface area (Å²) in [5.41, 5.74) is 1.70. The number of thiazole rings is 1. The molecule has 26 heavy (non-hydrogen) atoms. The highest BCUT2D eigenvalue weighted by molar-refractivity contribution is 7.18. The van der Waals surface area contributed by atoms with Crippen LogP contribution in [0.2, 0.25) is 0 Å². The first-order chi connectivity index (χ1) is 12.6. The number of carbonyl (C=O) groups excluding carboxylic acids is 1. The van der Waals surface area contributed by atoms with Gasteiger partial charge in [0.15, 0.2) is 0 Å². The van der Waals surface area contributed by atoms with Crippen LogP contribution in [0.15, 0.2) is 48.5 Å². The monoisotopic (exact) mass is 369 g/mol. The van der Waals surface area contributed by atoms with Gasteiger partial charge in [-0.15, -0.1) is 11.3 Å². The molecule has 1 N–H and O–H groups in total. The summed E-state index contributed by atoms with van der Waals surface area (Å²) in [6.07, 6.45) is 0. The van der Waals surface area contributed by atoms with E-state index in [0.29, 0.717) is 24.6 Å². The quantitative estimate of drug-likeness (QED) is 0.680. The number of benzene rings is 2. The molecular weight excluding hydrogens is 346 g/mol. The number of hydrogen-bond acceptors (Lipinski definition) is 5. The van der Waals surface area contributed by atoms with E-state index < -0.39 is 0 Å². The van der Waals surface area contributed by atoms with Crippen LogP contribution < -0.4 is 10.1 Å². The van der Waals surface area contributed by atoms with E-state index in [1.165, 1.54) is 4.70 Å². The van der Waals surface area contributed by atoms with Crippen LogP contribution in [0, 0.1) is 0 Å². The number of ether oxygens (including phenoxy) is 1. The first kappa shape index (κ1) is 18.4. The molecule has 0 aliphatic carbocycles. The Labute approximate surface area is 157 Å². The van der Waals surface area contributed by atoms with Gasteiger partial charge < -0.3 is 10.1 Å². The van der Waals surface area contributed by atoms with Gasteiger partial charge in [0.2, 0.25) is 5.91 Å². The van der Waals surface area contributed by atoms with Crippen molar-refractivity contribution in [3.05, 3.63) is 53.5 Å². The first-order valence-corrected chi connectivity index (χ1v) is 9.47. The molecule has 1 atom stereocenters. The summed E-state index contributed by atoms with van der Waals surface area (Å²) in [6, 6.07) is 15.3. The molecule has 5 nitrogen and oxygen atoms in total. The van der Waals surface area contributed by atoms with Crippen molar-refractivity contribution >= 4 is 33.1 Å². The molecule has 0 fully saturated rings. The molecule has 3 rings (SSSR count). The summed E-state index contributed by atoms with van der Waals surface area (Å²) in [5, 5.41) is 3.97.